The summed E-state index contributed by atoms with van der Waals surface area (Å²) in [6.45, 7) is 8.77. The number of aromatic amines is 1. The summed E-state index contributed by atoms with van der Waals surface area (Å²) in [5, 5.41) is 0.885. The number of H-pyrrole nitrogens is 1. The lowest BCUT2D eigenvalue weighted by molar-refractivity contribution is 0.0983. The standard InChI is InChI=1S/C31H34N2O6/c1-6-37-27-17-22(18-28(38-7-2)29(27)39-8-3)31(35)33(25-11-9-10-12-26(25)36-5)19-23-16-21-15-20(4)13-14-24(21)32-30(23)34/h9-18H,6-8,19H2,1-5H3,(H,32,34). The molecule has 1 heterocycles. The van der Waals surface area contributed by atoms with E-state index in [1.165, 1.54) is 4.90 Å². The first-order valence-electron chi connectivity index (χ1n) is 13.0. The lowest BCUT2D eigenvalue weighted by atomic mass is 10.1. The lowest BCUT2D eigenvalue weighted by Crippen LogP contribution is -2.33. The summed E-state index contributed by atoms with van der Waals surface area (Å²) in [5.41, 5.74) is 2.82. The highest BCUT2D eigenvalue weighted by atomic mass is 16.5. The molecule has 0 saturated carbocycles. The highest BCUT2D eigenvalue weighted by molar-refractivity contribution is 6.07. The number of carbonyl (C=O) groups is 1. The van der Waals surface area contributed by atoms with E-state index in [0.29, 0.717) is 59.6 Å². The highest BCUT2D eigenvalue weighted by Gasteiger charge is 2.26. The fourth-order valence-electron chi connectivity index (χ4n) is 4.45. The van der Waals surface area contributed by atoms with Crippen LogP contribution in [0.25, 0.3) is 10.9 Å². The largest absolute Gasteiger partial charge is 0.495 e. The van der Waals surface area contributed by atoms with Crippen molar-refractivity contribution < 1.29 is 23.7 Å². The van der Waals surface area contributed by atoms with Gasteiger partial charge in [0.15, 0.2) is 11.5 Å². The number of nitrogens with one attached hydrogen (secondary N) is 1. The number of rotatable bonds is 11. The molecule has 0 unspecified atom stereocenters. The van der Waals surface area contributed by atoms with Gasteiger partial charge in [-0.2, -0.15) is 0 Å². The summed E-state index contributed by atoms with van der Waals surface area (Å²) in [4.78, 5) is 31.8. The van der Waals surface area contributed by atoms with Gasteiger partial charge in [-0.05, 0) is 75.5 Å². The summed E-state index contributed by atoms with van der Waals surface area (Å²) in [6, 6.07) is 18.2. The van der Waals surface area contributed by atoms with Crippen molar-refractivity contribution in [3.8, 4) is 23.0 Å². The Morgan fingerprint density at radius 1 is 0.846 bits per heavy atom. The van der Waals surface area contributed by atoms with Gasteiger partial charge < -0.3 is 28.8 Å². The lowest BCUT2D eigenvalue weighted by Gasteiger charge is -2.25. The van der Waals surface area contributed by atoms with Crippen LogP contribution in [0.15, 0.2) is 65.5 Å². The molecule has 0 aliphatic carbocycles. The minimum Gasteiger partial charge on any atom is -0.495 e. The van der Waals surface area contributed by atoms with Crippen LogP contribution in [0.4, 0.5) is 5.69 Å². The molecule has 8 nitrogen and oxygen atoms in total. The molecule has 0 atom stereocenters. The fourth-order valence-corrected chi connectivity index (χ4v) is 4.45. The number of amides is 1. The minimum absolute atomic E-state index is 0.0135. The normalized spacial score (nSPS) is 10.8. The van der Waals surface area contributed by atoms with Crippen molar-refractivity contribution >= 4 is 22.5 Å². The summed E-state index contributed by atoms with van der Waals surface area (Å²) >= 11 is 0. The number of hydrogen-bond donors (Lipinski definition) is 1. The molecule has 4 rings (SSSR count). The molecule has 1 aromatic heterocycles. The molecule has 0 aliphatic rings. The van der Waals surface area contributed by atoms with Crippen LogP contribution >= 0.6 is 0 Å². The summed E-state index contributed by atoms with van der Waals surface area (Å²) in [7, 11) is 1.55. The van der Waals surface area contributed by atoms with Crippen LogP contribution in [-0.2, 0) is 6.54 Å². The topological polar surface area (TPSA) is 90.1 Å². The number of pyridine rings is 1. The molecule has 0 fully saturated rings. The summed E-state index contributed by atoms with van der Waals surface area (Å²) in [6.07, 6.45) is 0. The van der Waals surface area contributed by atoms with Gasteiger partial charge >= 0.3 is 0 Å². The second-order valence-electron chi connectivity index (χ2n) is 8.88. The maximum atomic E-state index is 14.2. The number of aryl methyl sites for hydroxylation is 1. The Hall–Kier alpha value is -4.46. The van der Waals surface area contributed by atoms with Gasteiger partial charge in [0.1, 0.15) is 5.75 Å². The number of fused-ring (bicyclic) bond motifs is 1. The SMILES string of the molecule is CCOc1cc(C(=O)N(Cc2cc3cc(C)ccc3[nH]c2=O)c2ccccc2OC)cc(OCC)c1OCC. The molecule has 1 N–H and O–H groups in total. The Morgan fingerprint density at radius 3 is 2.15 bits per heavy atom. The van der Waals surface area contributed by atoms with Crippen molar-refractivity contribution in [3.63, 3.8) is 0 Å². The van der Waals surface area contributed by atoms with Gasteiger partial charge in [0.05, 0.1) is 39.2 Å². The van der Waals surface area contributed by atoms with Gasteiger partial charge in [0, 0.05) is 16.6 Å². The van der Waals surface area contributed by atoms with E-state index in [0.717, 1.165) is 16.5 Å². The number of methoxy groups -OCH3 is 1. The molecule has 3 aromatic carbocycles. The molecule has 204 valence electrons. The Labute approximate surface area is 228 Å². The summed E-state index contributed by atoms with van der Waals surface area (Å²) < 4.78 is 23.1. The van der Waals surface area contributed by atoms with Gasteiger partial charge in [-0.3, -0.25) is 9.59 Å². The van der Waals surface area contributed by atoms with Crippen molar-refractivity contribution in [2.45, 2.75) is 34.2 Å². The van der Waals surface area contributed by atoms with Crippen LogP contribution in [-0.4, -0.2) is 37.8 Å². The predicted octanol–water partition coefficient (Wildman–Crippen LogP) is 5.89. The zero-order valence-electron chi connectivity index (χ0n) is 23.0. The Kier molecular flexibility index (Phi) is 8.76. The molecular weight excluding hydrogens is 496 g/mol. The van der Waals surface area contributed by atoms with Gasteiger partial charge in [-0.15, -0.1) is 0 Å². The van der Waals surface area contributed by atoms with Crippen LogP contribution in [0.3, 0.4) is 0 Å². The van der Waals surface area contributed by atoms with E-state index in [1.54, 1.807) is 31.4 Å². The minimum atomic E-state index is -0.354. The zero-order chi connectivity index (χ0) is 27.9. The Balaban J connectivity index is 1.86. The quantitative estimate of drug-likeness (QED) is 0.260. The van der Waals surface area contributed by atoms with Crippen LogP contribution in [0.2, 0.25) is 0 Å². The van der Waals surface area contributed by atoms with Crippen molar-refractivity contribution in [2.75, 3.05) is 31.8 Å². The maximum absolute atomic E-state index is 14.2. The van der Waals surface area contributed by atoms with Crippen molar-refractivity contribution in [3.05, 3.63) is 87.7 Å². The number of anilines is 1. The molecule has 4 aromatic rings. The van der Waals surface area contributed by atoms with Crippen molar-refractivity contribution in [1.82, 2.24) is 4.98 Å². The number of ether oxygens (including phenoxy) is 4. The molecule has 0 bridgehead atoms. The Bertz CT molecular complexity index is 1500. The molecular formula is C31H34N2O6. The van der Waals surface area contributed by atoms with E-state index >= 15 is 0 Å². The second kappa shape index (κ2) is 12.4. The number of para-hydroxylation sites is 2. The smallest absolute Gasteiger partial charge is 0.258 e. The molecule has 8 heteroatoms. The Morgan fingerprint density at radius 2 is 1.51 bits per heavy atom. The van der Waals surface area contributed by atoms with Gasteiger partial charge in [0.2, 0.25) is 5.75 Å². The fraction of sp³-hybridized carbons (Fsp3) is 0.290. The molecule has 39 heavy (non-hydrogen) atoms. The predicted molar refractivity (Wildman–Crippen MR) is 153 cm³/mol. The first-order chi connectivity index (χ1) is 18.9. The number of carbonyl (C=O) groups excluding carboxylic acids is 1. The third-order valence-electron chi connectivity index (χ3n) is 6.18. The van der Waals surface area contributed by atoms with Gasteiger partial charge in [-0.1, -0.05) is 23.8 Å². The third kappa shape index (κ3) is 6.00. The molecule has 0 spiro atoms. The highest BCUT2D eigenvalue weighted by Crippen LogP contribution is 2.40. The van der Waals surface area contributed by atoms with Crippen LogP contribution in [0.5, 0.6) is 23.0 Å². The van der Waals surface area contributed by atoms with E-state index in [4.69, 9.17) is 18.9 Å². The first-order valence-corrected chi connectivity index (χ1v) is 13.0. The van der Waals surface area contributed by atoms with Crippen LogP contribution < -0.4 is 29.4 Å². The van der Waals surface area contributed by atoms with Gasteiger partial charge in [-0.25, -0.2) is 0 Å². The van der Waals surface area contributed by atoms with E-state index in [-0.39, 0.29) is 18.0 Å². The average molecular weight is 531 g/mol. The van der Waals surface area contributed by atoms with Crippen molar-refractivity contribution in [1.29, 1.82) is 0 Å². The monoisotopic (exact) mass is 530 g/mol. The molecule has 0 radical (unpaired) electrons. The number of benzene rings is 3. The van der Waals surface area contributed by atoms with E-state index in [2.05, 4.69) is 4.98 Å². The first kappa shape index (κ1) is 27.6. The molecule has 1 amide bonds. The number of aromatic nitrogens is 1. The van der Waals surface area contributed by atoms with E-state index < -0.39 is 0 Å². The van der Waals surface area contributed by atoms with Gasteiger partial charge in [0.25, 0.3) is 11.5 Å². The van der Waals surface area contributed by atoms with E-state index in [9.17, 15) is 9.59 Å². The summed E-state index contributed by atoms with van der Waals surface area (Å²) in [5.74, 6) is 1.41. The maximum Gasteiger partial charge on any atom is 0.258 e. The third-order valence-corrected chi connectivity index (χ3v) is 6.18. The van der Waals surface area contributed by atoms with E-state index in [1.807, 2.05) is 64.1 Å². The molecule has 0 aliphatic heterocycles. The zero-order valence-corrected chi connectivity index (χ0v) is 23.0. The molecule has 0 saturated heterocycles. The van der Waals surface area contributed by atoms with Crippen LogP contribution in [0.1, 0.15) is 42.3 Å². The second-order valence-corrected chi connectivity index (χ2v) is 8.88. The van der Waals surface area contributed by atoms with Crippen molar-refractivity contribution in [2.24, 2.45) is 0 Å². The number of hydrogen-bond acceptors (Lipinski definition) is 6. The van der Waals surface area contributed by atoms with Crippen LogP contribution in [0, 0.1) is 6.92 Å². The number of nitrogens with zero attached hydrogens (tertiary/aromatic N) is 1. The average Bonchev–Trinajstić information content (AvgIpc) is 2.93.